The highest BCUT2D eigenvalue weighted by Gasteiger charge is 2.32. The van der Waals surface area contributed by atoms with E-state index in [1.54, 1.807) is 0 Å². The van der Waals surface area contributed by atoms with E-state index in [4.69, 9.17) is 0 Å². The minimum Gasteiger partial charge on any atom is -0.393 e. The Labute approximate surface area is 124 Å². The highest BCUT2D eigenvalue weighted by atomic mass is 79.9. The summed E-state index contributed by atoms with van der Waals surface area (Å²) in [5.41, 5.74) is 1.38. The van der Waals surface area contributed by atoms with Crippen LogP contribution in [0.1, 0.15) is 44.7 Å². The first kappa shape index (κ1) is 15.0. The van der Waals surface area contributed by atoms with Gasteiger partial charge < -0.3 is 10.4 Å². The molecule has 0 radical (unpaired) electrons. The van der Waals surface area contributed by atoms with Crippen molar-refractivity contribution in [1.82, 2.24) is 5.32 Å². The molecule has 1 fully saturated rings. The molecule has 0 spiro atoms. The van der Waals surface area contributed by atoms with E-state index in [2.05, 4.69) is 52.4 Å². The molecule has 2 nitrogen and oxygen atoms in total. The maximum absolute atomic E-state index is 9.42. The number of rotatable bonds is 7. The van der Waals surface area contributed by atoms with Gasteiger partial charge in [0.25, 0.3) is 0 Å². The fourth-order valence-electron chi connectivity index (χ4n) is 2.65. The summed E-state index contributed by atoms with van der Waals surface area (Å²) >= 11 is 3.49. The predicted molar refractivity (Wildman–Crippen MR) is 83.1 cm³/mol. The second-order valence-electron chi connectivity index (χ2n) is 5.96. The fraction of sp³-hybridized carbons (Fsp3) is 0.625. The van der Waals surface area contributed by atoms with Crippen molar-refractivity contribution in [2.75, 3.05) is 6.54 Å². The molecule has 0 aromatic heterocycles. The summed E-state index contributed by atoms with van der Waals surface area (Å²) in [4.78, 5) is 0. The molecule has 106 valence electrons. The van der Waals surface area contributed by atoms with Gasteiger partial charge >= 0.3 is 0 Å². The van der Waals surface area contributed by atoms with Crippen LogP contribution >= 0.6 is 15.9 Å². The maximum atomic E-state index is 9.42. The summed E-state index contributed by atoms with van der Waals surface area (Å²) < 4.78 is 1.13. The first-order valence-corrected chi connectivity index (χ1v) is 8.02. The maximum Gasteiger partial charge on any atom is 0.0515 e. The molecule has 1 aromatic rings. The van der Waals surface area contributed by atoms with E-state index < -0.39 is 0 Å². The summed E-state index contributed by atoms with van der Waals surface area (Å²) in [6.45, 7) is 5.04. The third kappa shape index (κ3) is 4.90. The molecule has 2 rings (SSSR count). The second-order valence-corrected chi connectivity index (χ2v) is 6.88. The van der Waals surface area contributed by atoms with Crippen LogP contribution in [0.5, 0.6) is 0 Å². The topological polar surface area (TPSA) is 32.3 Å². The van der Waals surface area contributed by atoms with Gasteiger partial charge in [0.2, 0.25) is 0 Å². The minimum absolute atomic E-state index is 0.205. The van der Waals surface area contributed by atoms with Crippen LogP contribution in [0.2, 0.25) is 0 Å². The molecule has 0 bridgehead atoms. The van der Waals surface area contributed by atoms with Gasteiger partial charge in [0.05, 0.1) is 6.10 Å². The monoisotopic (exact) mass is 325 g/mol. The van der Waals surface area contributed by atoms with E-state index >= 15 is 0 Å². The highest BCUT2D eigenvalue weighted by Crippen LogP contribution is 2.41. The molecule has 3 heteroatoms. The molecule has 3 unspecified atom stereocenters. The molecular weight excluding hydrogens is 302 g/mol. The van der Waals surface area contributed by atoms with Crippen LogP contribution in [0.15, 0.2) is 28.7 Å². The van der Waals surface area contributed by atoms with Crippen molar-refractivity contribution in [2.24, 2.45) is 11.8 Å². The average Bonchev–Trinajstić information content (AvgIpc) is 3.15. The van der Waals surface area contributed by atoms with Gasteiger partial charge in [0.1, 0.15) is 0 Å². The molecular formula is C16H24BrNO. The Morgan fingerprint density at radius 3 is 2.42 bits per heavy atom. The first-order valence-electron chi connectivity index (χ1n) is 7.23. The standard InChI is InChI=1S/C16H24BrNO/c1-11(9-12(2)19)10-18-16(13-3-4-13)14-5-7-15(17)8-6-14/h5-8,11-13,16,18-19H,3-4,9-10H2,1-2H3. The Balaban J connectivity index is 1.91. The van der Waals surface area contributed by atoms with E-state index in [0.717, 1.165) is 23.4 Å². The smallest absolute Gasteiger partial charge is 0.0515 e. The predicted octanol–water partition coefficient (Wildman–Crippen LogP) is 3.90. The average molecular weight is 326 g/mol. The summed E-state index contributed by atoms with van der Waals surface area (Å²) in [6, 6.07) is 9.13. The lowest BCUT2D eigenvalue weighted by molar-refractivity contribution is 0.162. The lowest BCUT2D eigenvalue weighted by Gasteiger charge is -2.22. The molecule has 1 aliphatic rings. The Morgan fingerprint density at radius 2 is 1.89 bits per heavy atom. The van der Waals surface area contributed by atoms with Gasteiger partial charge in [0.15, 0.2) is 0 Å². The van der Waals surface area contributed by atoms with E-state index in [-0.39, 0.29) is 6.10 Å². The molecule has 0 aliphatic heterocycles. The number of halogens is 1. The van der Waals surface area contributed by atoms with Crippen molar-refractivity contribution in [1.29, 1.82) is 0 Å². The quantitative estimate of drug-likeness (QED) is 0.796. The third-order valence-corrected chi connectivity index (χ3v) is 4.28. The Bertz CT molecular complexity index is 386. The number of aliphatic hydroxyl groups is 1. The van der Waals surface area contributed by atoms with Gasteiger partial charge in [-0.1, -0.05) is 35.0 Å². The summed E-state index contributed by atoms with van der Waals surface area (Å²) in [7, 11) is 0. The molecule has 0 amide bonds. The molecule has 19 heavy (non-hydrogen) atoms. The van der Waals surface area contributed by atoms with Gasteiger partial charge in [0, 0.05) is 10.5 Å². The molecule has 0 saturated heterocycles. The Hall–Kier alpha value is -0.380. The molecule has 1 aromatic carbocycles. The van der Waals surface area contributed by atoms with Crippen molar-refractivity contribution < 1.29 is 5.11 Å². The number of nitrogens with one attached hydrogen (secondary N) is 1. The summed E-state index contributed by atoms with van der Waals surface area (Å²) in [6.07, 6.45) is 3.32. The van der Waals surface area contributed by atoms with Gasteiger partial charge in [-0.3, -0.25) is 0 Å². The largest absolute Gasteiger partial charge is 0.393 e. The van der Waals surface area contributed by atoms with Crippen LogP contribution in [0.3, 0.4) is 0 Å². The molecule has 3 atom stereocenters. The Morgan fingerprint density at radius 1 is 1.26 bits per heavy atom. The van der Waals surface area contributed by atoms with E-state index in [1.165, 1.54) is 18.4 Å². The molecule has 2 N–H and O–H groups in total. The zero-order valence-corrected chi connectivity index (χ0v) is 13.4. The SMILES string of the molecule is CC(O)CC(C)CNC(c1ccc(Br)cc1)C1CC1. The van der Waals surface area contributed by atoms with E-state index in [1.807, 2.05) is 6.92 Å². The van der Waals surface area contributed by atoms with Gasteiger partial charge in [-0.25, -0.2) is 0 Å². The van der Waals surface area contributed by atoms with Crippen LogP contribution in [0.25, 0.3) is 0 Å². The zero-order chi connectivity index (χ0) is 13.8. The number of aliphatic hydroxyl groups excluding tert-OH is 1. The Kier molecular flexibility index (Phi) is 5.43. The van der Waals surface area contributed by atoms with Crippen LogP contribution in [-0.2, 0) is 0 Å². The van der Waals surface area contributed by atoms with Crippen molar-refractivity contribution in [2.45, 2.75) is 45.3 Å². The highest BCUT2D eigenvalue weighted by molar-refractivity contribution is 9.10. The van der Waals surface area contributed by atoms with Crippen molar-refractivity contribution in [3.05, 3.63) is 34.3 Å². The zero-order valence-electron chi connectivity index (χ0n) is 11.8. The van der Waals surface area contributed by atoms with E-state index in [9.17, 15) is 5.11 Å². The van der Waals surface area contributed by atoms with Gasteiger partial charge in [-0.2, -0.15) is 0 Å². The minimum atomic E-state index is -0.205. The molecule has 1 saturated carbocycles. The third-order valence-electron chi connectivity index (χ3n) is 3.75. The summed E-state index contributed by atoms with van der Waals surface area (Å²) in [5, 5.41) is 13.1. The molecule has 0 heterocycles. The van der Waals surface area contributed by atoms with E-state index in [0.29, 0.717) is 12.0 Å². The lowest BCUT2D eigenvalue weighted by atomic mass is 10.00. The van der Waals surface area contributed by atoms with Crippen LogP contribution < -0.4 is 5.32 Å². The second kappa shape index (κ2) is 6.87. The fourth-order valence-corrected chi connectivity index (χ4v) is 2.91. The first-order chi connectivity index (χ1) is 9.06. The number of hydrogen-bond acceptors (Lipinski definition) is 2. The van der Waals surface area contributed by atoms with Gasteiger partial charge in [-0.15, -0.1) is 0 Å². The number of benzene rings is 1. The van der Waals surface area contributed by atoms with Crippen molar-refractivity contribution in [3.8, 4) is 0 Å². The lowest BCUT2D eigenvalue weighted by Crippen LogP contribution is -2.29. The van der Waals surface area contributed by atoms with Crippen LogP contribution in [0, 0.1) is 11.8 Å². The van der Waals surface area contributed by atoms with Crippen LogP contribution in [0.4, 0.5) is 0 Å². The van der Waals surface area contributed by atoms with Crippen LogP contribution in [-0.4, -0.2) is 17.8 Å². The number of hydrogen-bond donors (Lipinski definition) is 2. The summed E-state index contributed by atoms with van der Waals surface area (Å²) in [5.74, 6) is 1.30. The molecule has 1 aliphatic carbocycles. The normalized spacial score (nSPS) is 20.0. The van der Waals surface area contributed by atoms with Gasteiger partial charge in [-0.05, 0) is 62.3 Å². The van der Waals surface area contributed by atoms with Crippen molar-refractivity contribution >= 4 is 15.9 Å². The van der Waals surface area contributed by atoms with Crippen molar-refractivity contribution in [3.63, 3.8) is 0 Å².